The molecule has 0 bridgehead atoms. The van der Waals surface area contributed by atoms with E-state index in [-0.39, 0.29) is 12.1 Å². The van der Waals surface area contributed by atoms with Crippen molar-refractivity contribution < 1.29 is 19.1 Å². The molecule has 1 saturated heterocycles. The standard InChI is InChI=1S/C16H33NO4Si/c1-7-22(8-2,9-3)20-12-13-10-14(18)11-17(13)15(19)21-16(4,5)6/h13-14,18H,7-12H2,1-6H3/t13-,14?/m0/s1. The average Bonchev–Trinajstić information content (AvgIpc) is 2.80. The lowest BCUT2D eigenvalue weighted by molar-refractivity contribution is 0.0168. The van der Waals surface area contributed by atoms with Crippen LogP contribution in [0.25, 0.3) is 0 Å². The largest absolute Gasteiger partial charge is 0.444 e. The number of ether oxygens (including phenoxy) is 1. The molecule has 1 aliphatic rings. The van der Waals surface area contributed by atoms with E-state index in [1.165, 1.54) is 0 Å². The third-order valence-electron chi connectivity index (χ3n) is 4.54. The molecule has 6 heteroatoms. The number of carbonyl (C=O) groups excluding carboxylic acids is 1. The van der Waals surface area contributed by atoms with Crippen molar-refractivity contribution >= 4 is 14.4 Å². The Labute approximate surface area is 136 Å². The van der Waals surface area contributed by atoms with E-state index in [4.69, 9.17) is 9.16 Å². The number of hydrogen-bond acceptors (Lipinski definition) is 4. The summed E-state index contributed by atoms with van der Waals surface area (Å²) in [6.07, 6.45) is -0.266. The molecule has 1 aliphatic heterocycles. The smallest absolute Gasteiger partial charge is 0.410 e. The number of carbonyl (C=O) groups is 1. The Kier molecular flexibility index (Phi) is 6.89. The molecule has 1 heterocycles. The van der Waals surface area contributed by atoms with Gasteiger partial charge in [-0.2, -0.15) is 0 Å². The molecule has 5 nitrogen and oxygen atoms in total. The van der Waals surface area contributed by atoms with Gasteiger partial charge in [-0.25, -0.2) is 4.79 Å². The molecule has 22 heavy (non-hydrogen) atoms. The monoisotopic (exact) mass is 331 g/mol. The molecule has 0 aromatic carbocycles. The molecule has 1 amide bonds. The quantitative estimate of drug-likeness (QED) is 0.758. The zero-order valence-electron chi connectivity index (χ0n) is 15.0. The SMILES string of the molecule is CC[Si](CC)(CC)OC[C@@H]1CC(O)CN1C(=O)OC(C)(C)C. The summed E-state index contributed by atoms with van der Waals surface area (Å²) in [5.41, 5.74) is -0.523. The van der Waals surface area contributed by atoms with Crippen LogP contribution in [-0.4, -0.2) is 55.3 Å². The van der Waals surface area contributed by atoms with Gasteiger partial charge in [0.1, 0.15) is 5.60 Å². The van der Waals surface area contributed by atoms with E-state index < -0.39 is 20.0 Å². The van der Waals surface area contributed by atoms with Crippen LogP contribution in [0.4, 0.5) is 4.79 Å². The Morgan fingerprint density at radius 2 is 1.77 bits per heavy atom. The van der Waals surface area contributed by atoms with Gasteiger partial charge in [0.25, 0.3) is 0 Å². The first-order valence-corrected chi connectivity index (χ1v) is 11.0. The fourth-order valence-corrected chi connectivity index (χ4v) is 5.58. The highest BCUT2D eigenvalue weighted by atomic mass is 28.4. The Bertz CT molecular complexity index is 357. The maximum Gasteiger partial charge on any atom is 0.410 e. The lowest BCUT2D eigenvalue weighted by Crippen LogP contribution is -2.45. The molecule has 0 aromatic rings. The molecule has 0 spiro atoms. The van der Waals surface area contributed by atoms with Crippen molar-refractivity contribution in [1.29, 1.82) is 0 Å². The molecular formula is C16H33NO4Si. The molecular weight excluding hydrogens is 298 g/mol. The van der Waals surface area contributed by atoms with Crippen molar-refractivity contribution in [3.63, 3.8) is 0 Å². The van der Waals surface area contributed by atoms with Gasteiger partial charge in [-0.3, -0.25) is 0 Å². The van der Waals surface area contributed by atoms with E-state index >= 15 is 0 Å². The van der Waals surface area contributed by atoms with Gasteiger partial charge in [-0.05, 0) is 45.3 Å². The number of likely N-dealkylation sites (tertiary alicyclic amines) is 1. The van der Waals surface area contributed by atoms with Gasteiger partial charge >= 0.3 is 6.09 Å². The van der Waals surface area contributed by atoms with Crippen LogP contribution in [0.3, 0.4) is 0 Å². The third-order valence-corrected chi connectivity index (χ3v) is 9.18. The van der Waals surface area contributed by atoms with E-state index in [0.717, 1.165) is 18.1 Å². The molecule has 130 valence electrons. The summed E-state index contributed by atoms with van der Waals surface area (Å²) in [6.45, 7) is 13.0. The lowest BCUT2D eigenvalue weighted by Gasteiger charge is -2.33. The predicted molar refractivity (Wildman–Crippen MR) is 90.5 cm³/mol. The van der Waals surface area contributed by atoms with Crippen LogP contribution in [-0.2, 0) is 9.16 Å². The number of aliphatic hydroxyl groups excluding tert-OH is 1. The summed E-state index contributed by atoms with van der Waals surface area (Å²) >= 11 is 0. The summed E-state index contributed by atoms with van der Waals surface area (Å²) in [6, 6.07) is 3.17. The molecule has 1 fully saturated rings. The normalized spacial score (nSPS) is 23.0. The Morgan fingerprint density at radius 1 is 1.23 bits per heavy atom. The molecule has 2 atom stereocenters. The van der Waals surface area contributed by atoms with Crippen LogP contribution >= 0.6 is 0 Å². The van der Waals surface area contributed by atoms with Gasteiger partial charge in [-0.15, -0.1) is 0 Å². The Hall–Kier alpha value is -0.593. The number of aliphatic hydroxyl groups is 1. The van der Waals surface area contributed by atoms with E-state index in [9.17, 15) is 9.90 Å². The first kappa shape index (κ1) is 19.5. The summed E-state index contributed by atoms with van der Waals surface area (Å²) in [5.74, 6) is 0. The Morgan fingerprint density at radius 3 is 2.23 bits per heavy atom. The highest BCUT2D eigenvalue weighted by molar-refractivity contribution is 6.73. The summed E-state index contributed by atoms with van der Waals surface area (Å²) in [5, 5.41) is 9.92. The number of nitrogens with zero attached hydrogens (tertiary/aromatic N) is 1. The maximum absolute atomic E-state index is 12.3. The molecule has 0 radical (unpaired) electrons. The number of β-amino-alcohol motifs (C(OH)–C–C–N with tert-alkyl or cyclic N) is 1. The summed E-state index contributed by atoms with van der Waals surface area (Å²) in [4.78, 5) is 13.9. The first-order valence-electron chi connectivity index (χ1n) is 8.48. The predicted octanol–water partition coefficient (Wildman–Crippen LogP) is 3.38. The second-order valence-corrected chi connectivity index (χ2v) is 12.0. The maximum atomic E-state index is 12.3. The molecule has 1 unspecified atom stereocenters. The highest BCUT2D eigenvalue weighted by Gasteiger charge is 2.39. The minimum Gasteiger partial charge on any atom is -0.444 e. The number of hydrogen-bond donors (Lipinski definition) is 1. The van der Waals surface area contributed by atoms with E-state index in [0.29, 0.717) is 19.6 Å². The van der Waals surface area contributed by atoms with Crippen LogP contribution in [0.1, 0.15) is 48.0 Å². The average molecular weight is 332 g/mol. The molecule has 0 aromatic heterocycles. The fraction of sp³-hybridized carbons (Fsp3) is 0.938. The van der Waals surface area contributed by atoms with Gasteiger partial charge in [0.2, 0.25) is 0 Å². The number of rotatable bonds is 6. The van der Waals surface area contributed by atoms with Crippen molar-refractivity contribution in [2.24, 2.45) is 0 Å². The van der Waals surface area contributed by atoms with Crippen molar-refractivity contribution in [1.82, 2.24) is 4.90 Å². The van der Waals surface area contributed by atoms with Crippen LogP contribution < -0.4 is 0 Å². The minimum atomic E-state index is -1.68. The van der Waals surface area contributed by atoms with Crippen LogP contribution in [0.15, 0.2) is 0 Å². The van der Waals surface area contributed by atoms with Gasteiger partial charge < -0.3 is 19.2 Å². The first-order chi connectivity index (χ1) is 10.2. The van der Waals surface area contributed by atoms with Crippen LogP contribution in [0, 0.1) is 0 Å². The van der Waals surface area contributed by atoms with E-state index in [2.05, 4.69) is 20.8 Å². The van der Waals surface area contributed by atoms with Gasteiger partial charge in [0.05, 0.1) is 25.3 Å². The molecule has 1 N–H and O–H groups in total. The third kappa shape index (κ3) is 5.24. The van der Waals surface area contributed by atoms with Crippen molar-refractivity contribution in [2.75, 3.05) is 13.2 Å². The zero-order chi connectivity index (χ0) is 17.0. The topological polar surface area (TPSA) is 59.0 Å². The van der Waals surface area contributed by atoms with E-state index in [1.807, 2.05) is 20.8 Å². The molecule has 1 rings (SSSR count). The minimum absolute atomic E-state index is 0.0821. The zero-order valence-corrected chi connectivity index (χ0v) is 16.0. The highest BCUT2D eigenvalue weighted by Crippen LogP contribution is 2.26. The lowest BCUT2D eigenvalue weighted by atomic mass is 10.2. The number of amides is 1. The van der Waals surface area contributed by atoms with Crippen LogP contribution in [0.5, 0.6) is 0 Å². The van der Waals surface area contributed by atoms with E-state index in [1.54, 1.807) is 4.90 Å². The second-order valence-electron chi connectivity index (χ2n) is 7.23. The van der Waals surface area contributed by atoms with Crippen LogP contribution in [0.2, 0.25) is 18.1 Å². The Balaban J connectivity index is 2.69. The summed E-state index contributed by atoms with van der Waals surface area (Å²) in [7, 11) is -1.68. The van der Waals surface area contributed by atoms with Crippen molar-refractivity contribution in [2.45, 2.75) is 83.8 Å². The summed E-state index contributed by atoms with van der Waals surface area (Å²) < 4.78 is 11.7. The van der Waals surface area contributed by atoms with Gasteiger partial charge in [0, 0.05) is 0 Å². The molecule has 0 aliphatic carbocycles. The van der Waals surface area contributed by atoms with Gasteiger partial charge in [0.15, 0.2) is 8.32 Å². The van der Waals surface area contributed by atoms with Crippen molar-refractivity contribution in [3.05, 3.63) is 0 Å². The van der Waals surface area contributed by atoms with Crippen molar-refractivity contribution in [3.8, 4) is 0 Å². The molecule has 0 saturated carbocycles. The second kappa shape index (κ2) is 7.79. The fourth-order valence-electron chi connectivity index (χ4n) is 2.92. The van der Waals surface area contributed by atoms with Gasteiger partial charge in [-0.1, -0.05) is 20.8 Å².